The van der Waals surface area contributed by atoms with Crippen molar-refractivity contribution in [3.63, 3.8) is 0 Å². The SMILES string of the molecule is COC[C@@H](C)NC(=O)N1CCN(C(=O)Cc2ccccc2C)CC1. The van der Waals surface area contributed by atoms with Gasteiger partial charge >= 0.3 is 6.03 Å². The third-order valence-electron chi connectivity index (χ3n) is 4.31. The molecule has 0 bridgehead atoms. The van der Waals surface area contributed by atoms with Crippen molar-refractivity contribution < 1.29 is 14.3 Å². The molecule has 1 fully saturated rings. The molecular formula is C18H27N3O3. The summed E-state index contributed by atoms with van der Waals surface area (Å²) < 4.78 is 5.02. The van der Waals surface area contributed by atoms with Crippen LogP contribution in [0.25, 0.3) is 0 Å². The monoisotopic (exact) mass is 333 g/mol. The predicted octanol–water partition coefficient (Wildman–Crippen LogP) is 1.43. The number of methoxy groups -OCH3 is 1. The number of piperazine rings is 1. The number of amides is 3. The highest BCUT2D eigenvalue weighted by atomic mass is 16.5. The number of ether oxygens (including phenoxy) is 1. The number of nitrogens with zero attached hydrogens (tertiary/aromatic N) is 2. The standard InChI is InChI=1S/C18H27N3O3/c1-14-6-4-5-7-16(14)12-17(22)20-8-10-21(11-9-20)18(23)19-15(2)13-24-3/h4-7,15H,8-13H2,1-3H3,(H,19,23)/t15-/m1/s1. The summed E-state index contributed by atoms with van der Waals surface area (Å²) in [5.74, 6) is 0.122. The molecule has 1 aromatic carbocycles. The fourth-order valence-corrected chi connectivity index (χ4v) is 2.84. The van der Waals surface area contributed by atoms with Crippen LogP contribution in [0.2, 0.25) is 0 Å². The smallest absolute Gasteiger partial charge is 0.317 e. The Morgan fingerprint density at radius 3 is 2.42 bits per heavy atom. The minimum Gasteiger partial charge on any atom is -0.383 e. The first-order valence-corrected chi connectivity index (χ1v) is 8.38. The van der Waals surface area contributed by atoms with Gasteiger partial charge in [0.2, 0.25) is 5.91 Å². The van der Waals surface area contributed by atoms with Gasteiger partial charge in [0.05, 0.1) is 19.1 Å². The topological polar surface area (TPSA) is 61.9 Å². The fraction of sp³-hybridized carbons (Fsp3) is 0.556. The highest BCUT2D eigenvalue weighted by molar-refractivity contribution is 5.80. The summed E-state index contributed by atoms with van der Waals surface area (Å²) in [7, 11) is 1.61. The minimum absolute atomic E-state index is 0.0248. The first kappa shape index (κ1) is 18.3. The molecule has 0 aromatic heterocycles. The van der Waals surface area contributed by atoms with Gasteiger partial charge in [0, 0.05) is 33.3 Å². The second-order valence-corrected chi connectivity index (χ2v) is 6.28. The molecule has 1 heterocycles. The maximum Gasteiger partial charge on any atom is 0.317 e. The zero-order valence-electron chi connectivity index (χ0n) is 14.7. The van der Waals surface area contributed by atoms with Gasteiger partial charge in [-0.2, -0.15) is 0 Å². The second kappa shape index (κ2) is 8.68. The number of carbonyl (C=O) groups excluding carboxylic acids is 2. The summed E-state index contributed by atoms with van der Waals surface area (Å²) >= 11 is 0. The second-order valence-electron chi connectivity index (χ2n) is 6.28. The van der Waals surface area contributed by atoms with E-state index in [-0.39, 0.29) is 18.0 Å². The first-order valence-electron chi connectivity index (χ1n) is 8.38. The lowest BCUT2D eigenvalue weighted by molar-refractivity contribution is -0.131. The molecule has 2 rings (SSSR count). The van der Waals surface area contributed by atoms with Crippen LogP contribution in [0.4, 0.5) is 4.79 Å². The van der Waals surface area contributed by atoms with Crippen molar-refractivity contribution in [2.75, 3.05) is 39.9 Å². The summed E-state index contributed by atoms with van der Waals surface area (Å²) in [6, 6.07) is 7.83. The molecule has 132 valence electrons. The molecule has 6 nitrogen and oxygen atoms in total. The van der Waals surface area contributed by atoms with Crippen molar-refractivity contribution in [3.8, 4) is 0 Å². The van der Waals surface area contributed by atoms with E-state index in [9.17, 15) is 9.59 Å². The minimum atomic E-state index is -0.0921. The maximum atomic E-state index is 12.4. The third kappa shape index (κ3) is 4.96. The predicted molar refractivity (Wildman–Crippen MR) is 92.9 cm³/mol. The summed E-state index contributed by atoms with van der Waals surface area (Å²) in [4.78, 5) is 28.2. The van der Waals surface area contributed by atoms with Crippen molar-refractivity contribution in [1.82, 2.24) is 15.1 Å². The van der Waals surface area contributed by atoms with Crippen molar-refractivity contribution in [2.45, 2.75) is 26.3 Å². The van der Waals surface area contributed by atoms with Crippen LogP contribution in [0, 0.1) is 6.92 Å². The lowest BCUT2D eigenvalue weighted by Gasteiger charge is -2.35. The molecular weight excluding hydrogens is 306 g/mol. The largest absolute Gasteiger partial charge is 0.383 e. The van der Waals surface area contributed by atoms with Crippen LogP contribution in [0.5, 0.6) is 0 Å². The Hall–Kier alpha value is -2.08. The fourth-order valence-electron chi connectivity index (χ4n) is 2.84. The number of nitrogens with one attached hydrogen (secondary N) is 1. The third-order valence-corrected chi connectivity index (χ3v) is 4.31. The van der Waals surface area contributed by atoms with Crippen LogP contribution in [0.15, 0.2) is 24.3 Å². The number of urea groups is 1. The molecule has 0 radical (unpaired) electrons. The van der Waals surface area contributed by atoms with E-state index in [2.05, 4.69) is 5.32 Å². The van der Waals surface area contributed by atoms with E-state index in [1.807, 2.05) is 43.0 Å². The van der Waals surface area contributed by atoms with Crippen LogP contribution in [0.3, 0.4) is 0 Å². The molecule has 1 saturated heterocycles. The molecule has 1 atom stereocenters. The van der Waals surface area contributed by atoms with E-state index >= 15 is 0 Å². The molecule has 24 heavy (non-hydrogen) atoms. The molecule has 1 aliphatic rings. The Balaban J connectivity index is 1.81. The number of hydrogen-bond donors (Lipinski definition) is 1. The van der Waals surface area contributed by atoms with Crippen LogP contribution in [0.1, 0.15) is 18.1 Å². The maximum absolute atomic E-state index is 12.4. The van der Waals surface area contributed by atoms with Crippen molar-refractivity contribution >= 4 is 11.9 Å². The highest BCUT2D eigenvalue weighted by Gasteiger charge is 2.24. The molecule has 0 unspecified atom stereocenters. The molecule has 1 aromatic rings. The number of hydrogen-bond acceptors (Lipinski definition) is 3. The Bertz CT molecular complexity index is 568. The first-order chi connectivity index (χ1) is 11.5. The van der Waals surface area contributed by atoms with Crippen molar-refractivity contribution in [2.24, 2.45) is 0 Å². The Kier molecular flexibility index (Phi) is 6.61. The van der Waals surface area contributed by atoms with Gasteiger partial charge in [-0.15, -0.1) is 0 Å². The van der Waals surface area contributed by atoms with Gasteiger partial charge in [-0.1, -0.05) is 24.3 Å². The Morgan fingerprint density at radius 2 is 1.79 bits per heavy atom. The molecule has 1 aliphatic heterocycles. The van der Waals surface area contributed by atoms with Gasteiger partial charge in [-0.25, -0.2) is 4.79 Å². The summed E-state index contributed by atoms with van der Waals surface area (Å²) in [5, 5.41) is 2.90. The molecule has 0 spiro atoms. The number of carbonyl (C=O) groups is 2. The molecule has 0 saturated carbocycles. The van der Waals surface area contributed by atoms with Gasteiger partial charge in [0.1, 0.15) is 0 Å². The number of aryl methyl sites for hydroxylation is 1. The van der Waals surface area contributed by atoms with Gasteiger partial charge in [0.15, 0.2) is 0 Å². The van der Waals surface area contributed by atoms with Crippen LogP contribution >= 0.6 is 0 Å². The summed E-state index contributed by atoms with van der Waals surface area (Å²) in [6.07, 6.45) is 0.420. The van der Waals surface area contributed by atoms with Crippen LogP contribution < -0.4 is 5.32 Å². The Morgan fingerprint density at radius 1 is 1.17 bits per heavy atom. The molecule has 6 heteroatoms. The average Bonchev–Trinajstić information content (AvgIpc) is 2.57. The summed E-state index contributed by atoms with van der Waals surface area (Å²) in [5.41, 5.74) is 2.20. The zero-order valence-corrected chi connectivity index (χ0v) is 14.7. The number of benzene rings is 1. The lowest BCUT2D eigenvalue weighted by Crippen LogP contribution is -2.54. The summed E-state index contributed by atoms with van der Waals surface area (Å²) in [6.45, 7) is 6.69. The van der Waals surface area contributed by atoms with Gasteiger partial charge in [-0.3, -0.25) is 4.79 Å². The molecule has 1 N–H and O–H groups in total. The van der Waals surface area contributed by atoms with Gasteiger partial charge in [0.25, 0.3) is 0 Å². The molecule has 3 amide bonds. The normalized spacial score (nSPS) is 16.0. The van der Waals surface area contributed by atoms with E-state index in [0.717, 1.165) is 11.1 Å². The lowest BCUT2D eigenvalue weighted by atomic mass is 10.1. The van der Waals surface area contributed by atoms with Crippen molar-refractivity contribution in [1.29, 1.82) is 0 Å². The molecule has 0 aliphatic carbocycles. The van der Waals surface area contributed by atoms with E-state index in [0.29, 0.717) is 39.2 Å². The van der Waals surface area contributed by atoms with E-state index in [4.69, 9.17) is 4.74 Å². The van der Waals surface area contributed by atoms with Crippen molar-refractivity contribution in [3.05, 3.63) is 35.4 Å². The quantitative estimate of drug-likeness (QED) is 0.887. The van der Waals surface area contributed by atoms with E-state index < -0.39 is 0 Å². The highest BCUT2D eigenvalue weighted by Crippen LogP contribution is 2.11. The van der Waals surface area contributed by atoms with E-state index in [1.165, 1.54) is 0 Å². The van der Waals surface area contributed by atoms with Gasteiger partial charge < -0.3 is 19.9 Å². The van der Waals surface area contributed by atoms with E-state index in [1.54, 1.807) is 12.0 Å². The Labute approximate surface area is 143 Å². The average molecular weight is 333 g/mol. The van der Waals surface area contributed by atoms with Gasteiger partial charge in [-0.05, 0) is 25.0 Å². The number of rotatable bonds is 5. The zero-order chi connectivity index (χ0) is 17.5. The van der Waals surface area contributed by atoms with Crippen LogP contribution in [-0.2, 0) is 16.0 Å². The van der Waals surface area contributed by atoms with Crippen LogP contribution in [-0.4, -0.2) is 67.7 Å².